The summed E-state index contributed by atoms with van der Waals surface area (Å²) in [5.41, 5.74) is 1.30. The minimum atomic E-state index is -0.691. The monoisotopic (exact) mass is 377 g/mol. The second kappa shape index (κ2) is 7.28. The van der Waals surface area contributed by atoms with Crippen LogP contribution < -0.4 is 9.64 Å². The molecule has 1 N–H and O–H groups in total. The van der Waals surface area contributed by atoms with E-state index in [9.17, 15) is 14.7 Å². The molecular formula is C21H19N3O4. The number of imidazole rings is 1. The normalized spacial score (nSPS) is 14.3. The number of carbonyl (C=O) groups excluding carboxylic acids is 2. The van der Waals surface area contributed by atoms with Gasteiger partial charge in [0.05, 0.1) is 23.4 Å². The van der Waals surface area contributed by atoms with Crippen molar-refractivity contribution in [2.24, 2.45) is 0 Å². The van der Waals surface area contributed by atoms with E-state index in [1.165, 1.54) is 0 Å². The summed E-state index contributed by atoms with van der Waals surface area (Å²) in [6, 6.07) is 13.4. The molecule has 142 valence electrons. The van der Waals surface area contributed by atoms with Crippen LogP contribution in [0, 0.1) is 6.92 Å². The predicted molar refractivity (Wildman–Crippen MR) is 102 cm³/mol. The van der Waals surface area contributed by atoms with Crippen molar-refractivity contribution in [3.8, 4) is 5.75 Å². The van der Waals surface area contributed by atoms with Gasteiger partial charge in [-0.05, 0) is 43.3 Å². The molecule has 0 radical (unpaired) electrons. The Kier molecular flexibility index (Phi) is 4.67. The van der Waals surface area contributed by atoms with Crippen molar-refractivity contribution in [1.82, 2.24) is 9.55 Å². The smallest absolute Gasteiger partial charge is 0.266 e. The van der Waals surface area contributed by atoms with Crippen molar-refractivity contribution < 1.29 is 19.4 Å². The van der Waals surface area contributed by atoms with Gasteiger partial charge in [0, 0.05) is 12.4 Å². The first-order valence-electron chi connectivity index (χ1n) is 8.91. The highest BCUT2D eigenvalue weighted by Gasteiger charge is 2.36. The van der Waals surface area contributed by atoms with Crippen LogP contribution in [0.2, 0.25) is 0 Å². The number of rotatable bonds is 6. The number of hydrogen-bond donors (Lipinski definition) is 1. The van der Waals surface area contributed by atoms with Crippen LogP contribution in [-0.2, 0) is 6.54 Å². The van der Waals surface area contributed by atoms with Gasteiger partial charge < -0.3 is 14.4 Å². The van der Waals surface area contributed by atoms with Gasteiger partial charge in [0.25, 0.3) is 11.8 Å². The van der Waals surface area contributed by atoms with Gasteiger partial charge in [-0.15, -0.1) is 0 Å². The number of benzene rings is 2. The maximum atomic E-state index is 12.5. The summed E-state index contributed by atoms with van der Waals surface area (Å²) in [7, 11) is 0. The number of aryl methyl sites for hydroxylation is 1. The molecule has 4 rings (SSSR count). The number of aromatic nitrogens is 2. The van der Waals surface area contributed by atoms with E-state index in [0.29, 0.717) is 29.1 Å². The van der Waals surface area contributed by atoms with Crippen LogP contribution in [-0.4, -0.2) is 39.2 Å². The zero-order valence-electron chi connectivity index (χ0n) is 15.3. The SMILES string of the molecule is Cc1nccn1CC(O)COc1ccc(N2C(=O)c3ccccc3C2=O)cc1. The number of anilines is 1. The molecule has 7 heteroatoms. The van der Waals surface area contributed by atoms with E-state index in [1.807, 2.05) is 11.5 Å². The Hall–Kier alpha value is -3.45. The first-order chi connectivity index (χ1) is 13.5. The van der Waals surface area contributed by atoms with Crippen LogP contribution >= 0.6 is 0 Å². The molecule has 0 aliphatic carbocycles. The molecule has 0 bridgehead atoms. The first-order valence-corrected chi connectivity index (χ1v) is 8.91. The molecule has 2 amide bonds. The molecule has 2 aromatic carbocycles. The number of nitrogens with zero attached hydrogens (tertiary/aromatic N) is 3. The first kappa shape index (κ1) is 17.9. The van der Waals surface area contributed by atoms with Gasteiger partial charge in [-0.1, -0.05) is 12.1 Å². The Bertz CT molecular complexity index is 991. The van der Waals surface area contributed by atoms with Gasteiger partial charge in [0.1, 0.15) is 24.3 Å². The Morgan fingerprint density at radius 1 is 1.04 bits per heavy atom. The van der Waals surface area contributed by atoms with Gasteiger partial charge in [-0.3, -0.25) is 9.59 Å². The zero-order chi connectivity index (χ0) is 19.7. The largest absolute Gasteiger partial charge is 0.491 e. The summed E-state index contributed by atoms with van der Waals surface area (Å²) in [4.78, 5) is 30.3. The Balaban J connectivity index is 1.40. The number of amides is 2. The average Bonchev–Trinajstić information content (AvgIpc) is 3.22. The fourth-order valence-electron chi connectivity index (χ4n) is 3.18. The van der Waals surface area contributed by atoms with Crippen LogP contribution in [0.3, 0.4) is 0 Å². The molecule has 1 atom stereocenters. The van der Waals surface area contributed by atoms with Crippen LogP contribution in [0.1, 0.15) is 26.5 Å². The van der Waals surface area contributed by atoms with Gasteiger partial charge in [-0.2, -0.15) is 0 Å². The number of imide groups is 1. The summed E-state index contributed by atoms with van der Waals surface area (Å²) in [6.45, 7) is 2.37. The molecule has 1 aliphatic heterocycles. The number of carbonyl (C=O) groups is 2. The molecule has 0 spiro atoms. The lowest BCUT2D eigenvalue weighted by Gasteiger charge is -2.16. The van der Waals surface area contributed by atoms with Crippen molar-refractivity contribution in [2.75, 3.05) is 11.5 Å². The van der Waals surface area contributed by atoms with E-state index in [2.05, 4.69) is 4.98 Å². The highest BCUT2D eigenvalue weighted by molar-refractivity contribution is 6.34. The summed E-state index contributed by atoms with van der Waals surface area (Å²) in [6.07, 6.45) is 2.79. The maximum Gasteiger partial charge on any atom is 0.266 e. The van der Waals surface area contributed by atoms with Gasteiger partial charge in [0.15, 0.2) is 0 Å². The van der Waals surface area contributed by atoms with Crippen molar-refractivity contribution in [2.45, 2.75) is 19.6 Å². The summed E-state index contributed by atoms with van der Waals surface area (Å²) < 4.78 is 7.46. The van der Waals surface area contributed by atoms with E-state index in [0.717, 1.165) is 10.7 Å². The number of aliphatic hydroxyl groups is 1. The highest BCUT2D eigenvalue weighted by Crippen LogP contribution is 2.29. The molecule has 0 fully saturated rings. The Morgan fingerprint density at radius 3 is 2.25 bits per heavy atom. The van der Waals surface area contributed by atoms with Crippen molar-refractivity contribution in [3.05, 3.63) is 77.9 Å². The quantitative estimate of drug-likeness (QED) is 0.667. The van der Waals surface area contributed by atoms with E-state index in [-0.39, 0.29) is 18.4 Å². The van der Waals surface area contributed by atoms with Crippen LogP contribution in [0.15, 0.2) is 60.9 Å². The fraction of sp³-hybridized carbons (Fsp3) is 0.190. The molecule has 28 heavy (non-hydrogen) atoms. The van der Waals surface area contributed by atoms with E-state index in [1.54, 1.807) is 60.9 Å². The third-order valence-corrected chi connectivity index (χ3v) is 4.66. The van der Waals surface area contributed by atoms with E-state index >= 15 is 0 Å². The van der Waals surface area contributed by atoms with Crippen LogP contribution in [0.4, 0.5) is 5.69 Å². The minimum Gasteiger partial charge on any atom is -0.491 e. The summed E-state index contributed by atoms with van der Waals surface area (Å²) >= 11 is 0. The van der Waals surface area contributed by atoms with E-state index < -0.39 is 6.10 Å². The Morgan fingerprint density at radius 2 is 1.68 bits per heavy atom. The lowest BCUT2D eigenvalue weighted by Crippen LogP contribution is -2.29. The molecule has 7 nitrogen and oxygen atoms in total. The second-order valence-electron chi connectivity index (χ2n) is 6.58. The summed E-state index contributed by atoms with van der Waals surface area (Å²) in [5.74, 6) is 0.701. The number of fused-ring (bicyclic) bond motifs is 1. The minimum absolute atomic E-state index is 0.115. The molecule has 1 aromatic heterocycles. The van der Waals surface area contributed by atoms with Gasteiger partial charge in [-0.25, -0.2) is 9.88 Å². The predicted octanol–water partition coefficient (Wildman–Crippen LogP) is 2.43. The summed E-state index contributed by atoms with van der Waals surface area (Å²) in [5, 5.41) is 10.1. The van der Waals surface area contributed by atoms with Crippen molar-refractivity contribution in [3.63, 3.8) is 0 Å². The lowest BCUT2D eigenvalue weighted by atomic mass is 10.1. The number of aliphatic hydroxyl groups excluding tert-OH is 1. The van der Waals surface area contributed by atoms with E-state index in [4.69, 9.17) is 4.74 Å². The number of ether oxygens (including phenoxy) is 1. The van der Waals surface area contributed by atoms with Gasteiger partial charge >= 0.3 is 0 Å². The molecule has 1 aliphatic rings. The average molecular weight is 377 g/mol. The third kappa shape index (κ3) is 3.27. The van der Waals surface area contributed by atoms with Crippen molar-refractivity contribution in [1.29, 1.82) is 0 Å². The number of hydrogen-bond acceptors (Lipinski definition) is 5. The Labute approximate surface area is 161 Å². The fourth-order valence-corrected chi connectivity index (χ4v) is 3.18. The molecule has 2 heterocycles. The van der Waals surface area contributed by atoms with Crippen molar-refractivity contribution >= 4 is 17.5 Å². The highest BCUT2D eigenvalue weighted by atomic mass is 16.5. The van der Waals surface area contributed by atoms with Crippen LogP contribution in [0.25, 0.3) is 0 Å². The van der Waals surface area contributed by atoms with Gasteiger partial charge in [0.2, 0.25) is 0 Å². The topological polar surface area (TPSA) is 84.7 Å². The van der Waals surface area contributed by atoms with Crippen LogP contribution in [0.5, 0.6) is 5.75 Å². The molecule has 1 unspecified atom stereocenters. The zero-order valence-corrected chi connectivity index (χ0v) is 15.3. The molecule has 3 aromatic rings. The standard InChI is InChI=1S/C21H19N3O4/c1-14-22-10-11-23(14)12-16(25)13-28-17-8-6-15(7-9-17)24-20(26)18-4-2-3-5-19(18)21(24)27/h2-11,16,25H,12-13H2,1H3. The lowest BCUT2D eigenvalue weighted by molar-refractivity contribution is 0.0919. The molecule has 0 saturated heterocycles. The maximum absolute atomic E-state index is 12.5. The second-order valence-corrected chi connectivity index (χ2v) is 6.58. The molecular weight excluding hydrogens is 358 g/mol. The third-order valence-electron chi connectivity index (χ3n) is 4.66. The molecule has 0 saturated carbocycles.